The van der Waals surface area contributed by atoms with Gasteiger partial charge in [-0.15, -0.1) is 0 Å². The molecule has 0 unspecified atom stereocenters. The molecule has 4 aliphatic rings. The van der Waals surface area contributed by atoms with Gasteiger partial charge >= 0.3 is 40.8 Å². The van der Waals surface area contributed by atoms with Crippen molar-refractivity contribution in [2.75, 3.05) is 0 Å². The van der Waals surface area contributed by atoms with Crippen LogP contribution in [0.2, 0.25) is 5.02 Å². The molecule has 2 aromatic carbocycles. The number of hydrogen-bond donors (Lipinski definition) is 0. The number of nitrogens with zero attached hydrogens (tertiary/aromatic N) is 3. The summed E-state index contributed by atoms with van der Waals surface area (Å²) >= 11 is 6.95. The van der Waals surface area contributed by atoms with Gasteiger partial charge in [-0.25, -0.2) is 4.98 Å². The topological polar surface area (TPSA) is 37.6 Å². The molecule has 8 heteroatoms. The van der Waals surface area contributed by atoms with Crippen molar-refractivity contribution in [2.45, 2.75) is 180 Å². The Kier molecular flexibility index (Phi) is 20.7. The van der Waals surface area contributed by atoms with E-state index in [0.29, 0.717) is 28.7 Å². The van der Waals surface area contributed by atoms with Gasteiger partial charge in [0.25, 0.3) is 0 Å². The van der Waals surface area contributed by atoms with E-state index in [1.54, 1.807) is 0 Å². The summed E-state index contributed by atoms with van der Waals surface area (Å²) in [7, 11) is 0. The zero-order chi connectivity index (χ0) is 35.3. The van der Waals surface area contributed by atoms with Crippen molar-refractivity contribution in [3.8, 4) is 0 Å². The predicted molar refractivity (Wildman–Crippen MR) is 219 cm³/mol. The van der Waals surface area contributed by atoms with Gasteiger partial charge in [-0.05, 0) is 137 Å². The number of hydrogen-bond acceptors (Lipinski definition) is 3. The standard InChI is InChI=1S/C47H62ClN3.3ClH.Nd/c1-31-25-40(35-17-9-5-10-18-35)46(41(26-31)36-19-11-6-12-20-36)49-33(3)44-29-39(48)30-45(51-44)34(4)50-47-42(37-21-13-7-14-22-37)27-32(2)28-43(47)38-23-15-8-16-24-38;;;;/h25-30,35-38H,5-24H2,1-4H3;3*1H;/q;;;;+3/p-3. The van der Waals surface area contributed by atoms with Gasteiger partial charge in [0.2, 0.25) is 0 Å². The Morgan fingerprint density at radius 3 is 0.982 bits per heavy atom. The van der Waals surface area contributed by atoms with Gasteiger partial charge in [0.15, 0.2) is 0 Å². The average Bonchev–Trinajstić information content (AvgIpc) is 3.17. The number of pyridine rings is 1. The fourth-order valence-corrected chi connectivity index (χ4v) is 10.4. The summed E-state index contributed by atoms with van der Waals surface area (Å²) in [6.07, 6.45) is 26.2. The van der Waals surface area contributed by atoms with E-state index in [1.165, 1.54) is 173 Å². The molecule has 7 rings (SSSR count). The fourth-order valence-electron chi connectivity index (χ4n) is 10.1. The van der Waals surface area contributed by atoms with Crippen molar-refractivity contribution in [2.24, 2.45) is 9.98 Å². The van der Waals surface area contributed by atoms with Gasteiger partial charge in [-0.2, -0.15) is 0 Å². The molecule has 3 aromatic rings. The summed E-state index contributed by atoms with van der Waals surface area (Å²) in [6, 6.07) is 13.8. The van der Waals surface area contributed by atoms with Crippen molar-refractivity contribution in [1.29, 1.82) is 0 Å². The Balaban J connectivity index is 0.00000203. The van der Waals surface area contributed by atoms with E-state index in [9.17, 15) is 0 Å². The van der Waals surface area contributed by atoms with Gasteiger partial charge in [-0.1, -0.05) is 124 Å². The maximum Gasteiger partial charge on any atom is 3.00 e. The van der Waals surface area contributed by atoms with Crippen LogP contribution in [0.4, 0.5) is 11.4 Å². The first-order valence-electron chi connectivity index (χ1n) is 20.9. The molecule has 0 aliphatic heterocycles. The molecule has 0 bridgehead atoms. The van der Waals surface area contributed by atoms with Gasteiger partial charge in [0.05, 0.1) is 34.2 Å². The monoisotopic (exact) mass is 950 g/mol. The van der Waals surface area contributed by atoms with E-state index in [4.69, 9.17) is 26.6 Å². The molecule has 0 atom stereocenters. The quantitative estimate of drug-likeness (QED) is 0.262. The third-order valence-corrected chi connectivity index (χ3v) is 13.1. The molecule has 55 heavy (non-hydrogen) atoms. The van der Waals surface area contributed by atoms with Gasteiger partial charge < -0.3 is 37.2 Å². The molecular formula is C47H62Cl4N3Nd. The number of benzene rings is 2. The number of halogens is 4. The largest absolute Gasteiger partial charge is 3.00 e. The zero-order valence-corrected chi connectivity index (χ0v) is 40.0. The minimum atomic E-state index is 0. The van der Waals surface area contributed by atoms with E-state index in [2.05, 4.69) is 52.0 Å². The Morgan fingerprint density at radius 1 is 0.473 bits per heavy atom. The van der Waals surface area contributed by atoms with E-state index in [1.807, 2.05) is 12.1 Å². The van der Waals surface area contributed by atoms with E-state index < -0.39 is 0 Å². The van der Waals surface area contributed by atoms with Gasteiger partial charge in [-0.3, -0.25) is 9.98 Å². The number of aromatic nitrogens is 1. The third-order valence-electron chi connectivity index (χ3n) is 12.9. The summed E-state index contributed by atoms with van der Waals surface area (Å²) in [4.78, 5) is 16.4. The zero-order valence-electron chi connectivity index (χ0n) is 33.8. The van der Waals surface area contributed by atoms with Crippen LogP contribution in [0.15, 0.2) is 46.4 Å². The molecule has 4 aliphatic carbocycles. The summed E-state index contributed by atoms with van der Waals surface area (Å²) in [5.41, 5.74) is 14.8. The van der Waals surface area contributed by atoms with Crippen molar-refractivity contribution >= 4 is 34.4 Å². The molecule has 0 amide bonds. The first kappa shape index (κ1) is 48.8. The van der Waals surface area contributed by atoms with Crippen LogP contribution in [-0.2, 0) is 0 Å². The van der Waals surface area contributed by atoms with Gasteiger partial charge in [0.1, 0.15) is 0 Å². The van der Waals surface area contributed by atoms with Crippen LogP contribution >= 0.6 is 11.6 Å². The molecule has 0 N–H and O–H groups in total. The Morgan fingerprint density at radius 2 is 0.727 bits per heavy atom. The Labute approximate surface area is 389 Å². The molecule has 3 nitrogen and oxygen atoms in total. The van der Waals surface area contributed by atoms with Crippen LogP contribution in [-0.4, -0.2) is 16.4 Å². The minimum absolute atomic E-state index is 0. The van der Waals surface area contributed by atoms with Crippen LogP contribution in [0.25, 0.3) is 0 Å². The molecule has 1 aromatic heterocycles. The SMILES string of the molecule is CC(=Nc1c(C2CCCCC2)cc(C)cc1C1CCCCC1)c1cc(Cl)cc(C(C)=Nc2c(C3CCCCC3)cc(C)cc2C2CCCCC2)n1.[Cl-].[Cl-].[Cl-].[Nd+3]. The Bertz CT molecular complexity index is 1540. The van der Waals surface area contributed by atoms with Crippen molar-refractivity contribution in [1.82, 2.24) is 4.98 Å². The summed E-state index contributed by atoms with van der Waals surface area (Å²) in [5.74, 6) is 2.37. The first-order chi connectivity index (χ1) is 24.8. The normalized spacial score (nSPS) is 19.4. The van der Waals surface area contributed by atoms with Crippen molar-refractivity contribution in [3.63, 3.8) is 0 Å². The molecular weight excluding hydrogens is 893 g/mol. The molecule has 1 heterocycles. The molecule has 0 saturated heterocycles. The smallest absolute Gasteiger partial charge is 1.00 e. The second-order valence-corrected chi connectivity index (χ2v) is 17.3. The van der Waals surface area contributed by atoms with E-state index in [0.717, 1.165) is 22.8 Å². The molecule has 4 saturated carbocycles. The van der Waals surface area contributed by atoms with Crippen molar-refractivity contribution < 1.29 is 78.1 Å². The summed E-state index contributed by atoms with van der Waals surface area (Å²) < 4.78 is 0. The van der Waals surface area contributed by atoms with Crippen LogP contribution < -0.4 is 37.2 Å². The second kappa shape index (κ2) is 23.3. The Hall–Kier alpha value is -0.559. The minimum Gasteiger partial charge on any atom is -1.00 e. The second-order valence-electron chi connectivity index (χ2n) is 16.9. The fraction of sp³-hybridized carbons (Fsp3) is 0.596. The van der Waals surface area contributed by atoms with Gasteiger partial charge in [0, 0.05) is 5.02 Å². The number of aryl methyl sites for hydroxylation is 2. The van der Waals surface area contributed by atoms with Crippen LogP contribution in [0.5, 0.6) is 0 Å². The molecule has 4 fully saturated rings. The molecule has 297 valence electrons. The first-order valence-corrected chi connectivity index (χ1v) is 21.3. The van der Waals surface area contributed by atoms with Crippen LogP contribution in [0.1, 0.15) is 211 Å². The third kappa shape index (κ3) is 12.3. The predicted octanol–water partition coefficient (Wildman–Crippen LogP) is 5.84. The number of rotatable bonds is 8. The number of aliphatic imine (C=N–C) groups is 2. The maximum atomic E-state index is 6.95. The maximum absolute atomic E-state index is 6.95. The molecule has 0 spiro atoms. The van der Waals surface area contributed by atoms with Crippen LogP contribution in [0.3, 0.4) is 0 Å². The van der Waals surface area contributed by atoms with Crippen LogP contribution in [0, 0.1) is 54.7 Å². The average molecular weight is 955 g/mol. The summed E-state index contributed by atoms with van der Waals surface area (Å²) in [6.45, 7) is 8.87. The summed E-state index contributed by atoms with van der Waals surface area (Å²) in [5, 5.41) is 0.701. The molecule has 1 radical (unpaired) electrons. The van der Waals surface area contributed by atoms with E-state index in [-0.39, 0.29) is 78.1 Å². The van der Waals surface area contributed by atoms with E-state index >= 15 is 0 Å². The van der Waals surface area contributed by atoms with Crippen molar-refractivity contribution in [3.05, 3.63) is 86.2 Å².